The van der Waals surface area contributed by atoms with Gasteiger partial charge in [0.1, 0.15) is 5.75 Å². The number of thiazole rings is 1. The first-order chi connectivity index (χ1) is 8.97. The van der Waals surface area contributed by atoms with Crippen molar-refractivity contribution in [3.8, 4) is 10.9 Å². The van der Waals surface area contributed by atoms with Gasteiger partial charge in [0, 0.05) is 12.1 Å². The molecule has 0 amide bonds. The number of benzene rings is 1. The van der Waals surface area contributed by atoms with Crippen molar-refractivity contribution in [3.63, 3.8) is 0 Å². The largest absolute Gasteiger partial charge is 0.431 e. The van der Waals surface area contributed by atoms with E-state index in [2.05, 4.69) is 4.98 Å². The van der Waals surface area contributed by atoms with E-state index in [-0.39, 0.29) is 26.8 Å². The van der Waals surface area contributed by atoms with Gasteiger partial charge in [-0.15, -0.1) is 0 Å². The maximum atomic E-state index is 10.6. The lowest BCUT2D eigenvalue weighted by molar-refractivity contribution is -0.384. The van der Waals surface area contributed by atoms with Crippen molar-refractivity contribution in [1.29, 1.82) is 0 Å². The fourth-order valence-electron chi connectivity index (χ4n) is 1.17. The van der Waals surface area contributed by atoms with E-state index >= 15 is 0 Å². The summed E-state index contributed by atoms with van der Waals surface area (Å²) in [4.78, 5) is 23.5. The molecule has 98 valence electrons. The number of halogens is 1. The third-order valence-corrected chi connectivity index (χ3v) is 3.23. The van der Waals surface area contributed by atoms with Crippen LogP contribution in [-0.4, -0.2) is 14.8 Å². The average molecular weight is 302 g/mol. The second-order valence-electron chi connectivity index (χ2n) is 3.19. The molecule has 10 heteroatoms. The number of nitrogens with zero attached hydrogens (tertiary/aromatic N) is 3. The number of nitro groups is 2. The van der Waals surface area contributed by atoms with Crippen LogP contribution in [0.5, 0.6) is 10.9 Å². The predicted octanol–water partition coefficient (Wildman–Crippen LogP) is 3.41. The van der Waals surface area contributed by atoms with E-state index in [1.807, 2.05) is 0 Å². The summed E-state index contributed by atoms with van der Waals surface area (Å²) in [6.45, 7) is 0. The molecular formula is C9H4ClN3O5S. The van der Waals surface area contributed by atoms with Gasteiger partial charge in [-0.1, -0.05) is 11.6 Å². The first-order valence-corrected chi connectivity index (χ1v) is 5.90. The minimum absolute atomic E-state index is 0.00875. The highest BCUT2D eigenvalue weighted by Gasteiger charge is 2.21. The Morgan fingerprint density at radius 2 is 1.79 bits per heavy atom. The van der Waals surface area contributed by atoms with Crippen molar-refractivity contribution in [3.05, 3.63) is 49.6 Å². The molecule has 0 saturated heterocycles. The highest BCUT2D eigenvalue weighted by Crippen LogP contribution is 2.37. The summed E-state index contributed by atoms with van der Waals surface area (Å²) >= 11 is 6.24. The van der Waals surface area contributed by atoms with Crippen LogP contribution in [0.25, 0.3) is 0 Å². The molecule has 0 atom stereocenters. The van der Waals surface area contributed by atoms with Gasteiger partial charge in [-0.25, -0.2) is 0 Å². The Kier molecular flexibility index (Phi) is 3.58. The molecule has 2 aromatic rings. The number of hydrogen-bond acceptors (Lipinski definition) is 7. The first kappa shape index (κ1) is 13.2. The van der Waals surface area contributed by atoms with Crippen LogP contribution >= 0.6 is 22.9 Å². The van der Waals surface area contributed by atoms with E-state index in [4.69, 9.17) is 16.3 Å². The molecule has 1 aromatic heterocycles. The zero-order chi connectivity index (χ0) is 14.0. The topological polar surface area (TPSA) is 108 Å². The van der Waals surface area contributed by atoms with Crippen molar-refractivity contribution in [1.82, 2.24) is 4.98 Å². The fourth-order valence-corrected chi connectivity index (χ4v) is 2.12. The van der Waals surface area contributed by atoms with E-state index in [1.54, 1.807) is 0 Å². The SMILES string of the molecule is O=[N+]([O-])c1ccc(Oc2nc(Cl)c([N+](=O)[O-])s2)cc1. The maximum Gasteiger partial charge on any atom is 0.366 e. The zero-order valence-corrected chi connectivity index (χ0v) is 10.6. The molecule has 8 nitrogen and oxygen atoms in total. The summed E-state index contributed by atoms with van der Waals surface area (Å²) in [5.41, 5.74) is -0.0875. The molecule has 0 saturated carbocycles. The molecule has 0 bridgehead atoms. The monoisotopic (exact) mass is 301 g/mol. The van der Waals surface area contributed by atoms with Gasteiger partial charge in [-0.3, -0.25) is 20.2 Å². The summed E-state index contributed by atoms with van der Waals surface area (Å²) in [6, 6.07) is 5.22. The number of rotatable bonds is 4. The van der Waals surface area contributed by atoms with Crippen LogP contribution in [0.4, 0.5) is 10.7 Å². The van der Waals surface area contributed by atoms with E-state index in [0.29, 0.717) is 11.3 Å². The van der Waals surface area contributed by atoms with Gasteiger partial charge in [0.25, 0.3) is 10.9 Å². The summed E-state index contributed by atoms with van der Waals surface area (Å²) in [7, 11) is 0. The number of aromatic nitrogens is 1. The molecule has 0 aliphatic heterocycles. The van der Waals surface area contributed by atoms with Crippen LogP contribution < -0.4 is 4.74 Å². The minimum atomic E-state index is -0.664. The number of nitro benzene ring substituents is 1. The molecule has 0 unspecified atom stereocenters. The Labute approximate surface area is 114 Å². The summed E-state index contributed by atoms with van der Waals surface area (Å²) < 4.78 is 5.22. The van der Waals surface area contributed by atoms with Crippen LogP contribution in [0.15, 0.2) is 24.3 Å². The van der Waals surface area contributed by atoms with Crippen molar-refractivity contribution in [2.45, 2.75) is 0 Å². The minimum Gasteiger partial charge on any atom is -0.431 e. The van der Waals surface area contributed by atoms with Crippen LogP contribution in [0.1, 0.15) is 0 Å². The Balaban J connectivity index is 2.19. The van der Waals surface area contributed by atoms with E-state index in [0.717, 1.165) is 0 Å². The summed E-state index contributed by atoms with van der Waals surface area (Å²) in [6.07, 6.45) is 0. The average Bonchev–Trinajstić information content (AvgIpc) is 2.71. The Morgan fingerprint density at radius 3 is 2.26 bits per heavy atom. The van der Waals surface area contributed by atoms with Crippen molar-refractivity contribution >= 4 is 33.6 Å². The quantitative estimate of drug-likeness (QED) is 0.632. The van der Waals surface area contributed by atoms with Crippen molar-refractivity contribution < 1.29 is 14.6 Å². The highest BCUT2D eigenvalue weighted by atomic mass is 35.5. The smallest absolute Gasteiger partial charge is 0.366 e. The van der Waals surface area contributed by atoms with Gasteiger partial charge in [0.05, 0.1) is 9.85 Å². The second-order valence-corrected chi connectivity index (χ2v) is 4.48. The van der Waals surface area contributed by atoms with Gasteiger partial charge >= 0.3 is 5.00 Å². The molecular weight excluding hydrogens is 298 g/mol. The molecule has 1 heterocycles. The van der Waals surface area contributed by atoms with Gasteiger partial charge in [-0.2, -0.15) is 4.98 Å². The Bertz CT molecular complexity index is 642. The lowest BCUT2D eigenvalue weighted by atomic mass is 10.3. The molecule has 0 radical (unpaired) electrons. The summed E-state index contributed by atoms with van der Waals surface area (Å²) in [5.74, 6) is 0.269. The fraction of sp³-hybridized carbons (Fsp3) is 0. The van der Waals surface area contributed by atoms with Gasteiger partial charge < -0.3 is 4.74 Å². The van der Waals surface area contributed by atoms with Crippen LogP contribution in [-0.2, 0) is 0 Å². The molecule has 0 aliphatic carbocycles. The standard InChI is InChI=1S/C9H4ClN3O5S/c10-7-8(13(16)17)19-9(11-7)18-6-3-1-5(2-4-6)12(14)15/h1-4H. The Morgan fingerprint density at radius 1 is 1.16 bits per heavy atom. The lowest BCUT2D eigenvalue weighted by Gasteiger charge is -1.99. The molecule has 19 heavy (non-hydrogen) atoms. The molecule has 1 aromatic carbocycles. The zero-order valence-electron chi connectivity index (χ0n) is 8.98. The predicted molar refractivity (Wildman–Crippen MR) is 66.9 cm³/mol. The molecule has 0 N–H and O–H groups in total. The first-order valence-electron chi connectivity index (χ1n) is 4.70. The van der Waals surface area contributed by atoms with Crippen LogP contribution in [0, 0.1) is 20.2 Å². The molecule has 0 spiro atoms. The molecule has 0 aliphatic rings. The number of non-ortho nitro benzene ring substituents is 1. The van der Waals surface area contributed by atoms with E-state index < -0.39 is 9.85 Å². The van der Waals surface area contributed by atoms with Gasteiger partial charge in [-0.05, 0) is 23.5 Å². The number of ether oxygens (including phenoxy) is 1. The molecule has 0 fully saturated rings. The summed E-state index contributed by atoms with van der Waals surface area (Å²) in [5, 5.41) is 20.4. The van der Waals surface area contributed by atoms with Crippen molar-refractivity contribution in [2.24, 2.45) is 0 Å². The maximum absolute atomic E-state index is 10.6. The normalized spacial score (nSPS) is 10.2. The van der Waals surface area contributed by atoms with Gasteiger partial charge in [0.2, 0.25) is 5.15 Å². The third-order valence-electron chi connectivity index (χ3n) is 1.97. The number of hydrogen-bond donors (Lipinski definition) is 0. The van der Waals surface area contributed by atoms with E-state index in [9.17, 15) is 20.2 Å². The highest BCUT2D eigenvalue weighted by molar-refractivity contribution is 7.17. The van der Waals surface area contributed by atoms with Crippen LogP contribution in [0.3, 0.4) is 0 Å². The van der Waals surface area contributed by atoms with Crippen molar-refractivity contribution in [2.75, 3.05) is 0 Å². The lowest BCUT2D eigenvalue weighted by Crippen LogP contribution is -1.88. The van der Waals surface area contributed by atoms with Gasteiger partial charge in [0.15, 0.2) is 0 Å². The molecule has 2 rings (SSSR count). The van der Waals surface area contributed by atoms with E-state index in [1.165, 1.54) is 24.3 Å². The van der Waals surface area contributed by atoms with Crippen LogP contribution in [0.2, 0.25) is 5.15 Å². The third kappa shape index (κ3) is 2.95. The second kappa shape index (κ2) is 5.16. The Hall–Kier alpha value is -2.26.